The highest BCUT2D eigenvalue weighted by atomic mass is 35.5. The molecule has 2 fully saturated rings. The molecule has 1 amide bonds. The largest absolute Gasteiger partial charge is 0.389 e. The number of nitrogens with zero attached hydrogens (tertiary/aromatic N) is 2. The lowest BCUT2D eigenvalue weighted by Gasteiger charge is -2.43. The number of ether oxygens (including phenoxy) is 1. The van der Waals surface area contributed by atoms with Gasteiger partial charge in [-0.25, -0.2) is 0 Å². The van der Waals surface area contributed by atoms with Crippen molar-refractivity contribution in [1.29, 1.82) is 0 Å². The van der Waals surface area contributed by atoms with E-state index in [4.69, 9.17) is 16.3 Å². The number of carbonyl (C=O) groups is 1. The summed E-state index contributed by atoms with van der Waals surface area (Å²) in [7, 11) is 1.78. The van der Waals surface area contributed by atoms with Crippen LogP contribution in [-0.4, -0.2) is 39.6 Å². The van der Waals surface area contributed by atoms with Gasteiger partial charge in [0.25, 0.3) is 5.91 Å². The molecule has 40 heavy (non-hydrogen) atoms. The fraction of sp³-hybridized carbons (Fsp3) is 0.531. The van der Waals surface area contributed by atoms with Crippen molar-refractivity contribution in [2.75, 3.05) is 13.2 Å². The molecule has 1 saturated heterocycles. The second-order valence-corrected chi connectivity index (χ2v) is 12.2. The summed E-state index contributed by atoms with van der Waals surface area (Å²) in [6, 6.07) is 11.3. The molecule has 1 aliphatic heterocycles. The van der Waals surface area contributed by atoms with E-state index in [2.05, 4.69) is 30.3 Å². The minimum Gasteiger partial charge on any atom is -0.389 e. The van der Waals surface area contributed by atoms with Gasteiger partial charge in [0.1, 0.15) is 0 Å². The van der Waals surface area contributed by atoms with E-state index in [9.17, 15) is 14.7 Å². The summed E-state index contributed by atoms with van der Waals surface area (Å²) < 4.78 is 7.21. The van der Waals surface area contributed by atoms with E-state index >= 15 is 0 Å². The Kier molecular flexibility index (Phi) is 8.64. The first-order chi connectivity index (χ1) is 19.2. The van der Waals surface area contributed by atoms with Gasteiger partial charge in [-0.15, -0.1) is 0 Å². The number of aliphatic hydroxyl groups is 1. The van der Waals surface area contributed by atoms with Gasteiger partial charge in [-0.1, -0.05) is 56.5 Å². The summed E-state index contributed by atoms with van der Waals surface area (Å²) in [4.78, 5) is 27.1. The summed E-state index contributed by atoms with van der Waals surface area (Å²) in [6.45, 7) is 5.97. The molecule has 1 aliphatic carbocycles. The molecule has 3 aromatic rings. The van der Waals surface area contributed by atoms with Crippen LogP contribution in [0, 0.1) is 11.8 Å². The summed E-state index contributed by atoms with van der Waals surface area (Å²) in [5.74, 6) is -0.0921. The van der Waals surface area contributed by atoms with Crippen LogP contribution in [0.1, 0.15) is 85.5 Å². The average molecular weight is 566 g/mol. The molecule has 0 bridgehead atoms. The van der Waals surface area contributed by atoms with Crippen LogP contribution in [0.2, 0.25) is 5.02 Å². The topological polar surface area (TPSA) is 93.5 Å². The molecule has 1 aromatic heterocycles. The van der Waals surface area contributed by atoms with E-state index in [1.807, 2.05) is 18.2 Å². The van der Waals surface area contributed by atoms with E-state index in [1.54, 1.807) is 23.9 Å². The number of amides is 1. The third kappa shape index (κ3) is 5.83. The zero-order valence-electron chi connectivity index (χ0n) is 23.7. The number of aromatic nitrogens is 2. The maximum absolute atomic E-state index is 13.9. The Balaban J connectivity index is 1.56. The van der Waals surface area contributed by atoms with Crippen LogP contribution in [0.15, 0.2) is 41.2 Å². The third-order valence-electron chi connectivity index (χ3n) is 9.21. The average Bonchev–Trinajstić information content (AvgIpc) is 2.95. The highest BCUT2D eigenvalue weighted by Crippen LogP contribution is 2.45. The Morgan fingerprint density at radius 3 is 2.60 bits per heavy atom. The lowest BCUT2D eigenvalue weighted by Crippen LogP contribution is -2.44. The number of hydrogen-bond donors (Lipinski definition) is 2. The van der Waals surface area contributed by atoms with Gasteiger partial charge in [0, 0.05) is 37.7 Å². The van der Waals surface area contributed by atoms with Crippen molar-refractivity contribution in [2.45, 2.75) is 76.9 Å². The molecular weight excluding hydrogens is 526 g/mol. The highest BCUT2D eigenvalue weighted by molar-refractivity contribution is 6.30. The van der Waals surface area contributed by atoms with Crippen LogP contribution < -0.4 is 10.7 Å². The Morgan fingerprint density at radius 1 is 1.18 bits per heavy atom. The SMILES string of the molecule is CC(c1cc(CC2CCOCC2)cc2c(=O)c(C(=O)NCc3ccc(Cl)cc3)nn(C)c12)[C@@]1(O)CCCC[C@H]1C. The van der Waals surface area contributed by atoms with Crippen molar-refractivity contribution in [2.24, 2.45) is 18.9 Å². The highest BCUT2D eigenvalue weighted by Gasteiger charge is 2.42. The molecule has 2 aliphatic rings. The third-order valence-corrected chi connectivity index (χ3v) is 9.47. The van der Waals surface area contributed by atoms with Crippen LogP contribution in [0.5, 0.6) is 0 Å². The van der Waals surface area contributed by atoms with Crippen LogP contribution in [0.25, 0.3) is 10.9 Å². The second kappa shape index (κ2) is 12.0. The number of carbonyl (C=O) groups excluding carboxylic acids is 1. The van der Waals surface area contributed by atoms with Crippen LogP contribution >= 0.6 is 11.6 Å². The monoisotopic (exact) mass is 565 g/mol. The van der Waals surface area contributed by atoms with Crippen LogP contribution in [0.4, 0.5) is 0 Å². The second-order valence-electron chi connectivity index (χ2n) is 11.8. The maximum Gasteiger partial charge on any atom is 0.276 e. The van der Waals surface area contributed by atoms with Crippen molar-refractivity contribution in [1.82, 2.24) is 15.1 Å². The van der Waals surface area contributed by atoms with Crippen molar-refractivity contribution in [3.05, 3.63) is 74.0 Å². The number of hydrogen-bond acceptors (Lipinski definition) is 5. The molecule has 8 heteroatoms. The number of aryl methyl sites for hydroxylation is 1. The van der Waals surface area contributed by atoms with Gasteiger partial charge in [-0.05, 0) is 78.8 Å². The molecule has 7 nitrogen and oxygen atoms in total. The molecule has 2 aromatic carbocycles. The Bertz CT molecular complexity index is 1430. The Morgan fingerprint density at radius 2 is 1.90 bits per heavy atom. The lowest BCUT2D eigenvalue weighted by molar-refractivity contribution is -0.0596. The van der Waals surface area contributed by atoms with Crippen molar-refractivity contribution >= 4 is 28.4 Å². The Hall–Kier alpha value is -2.74. The molecule has 2 heterocycles. The van der Waals surface area contributed by atoms with Gasteiger partial charge in [-0.3, -0.25) is 14.3 Å². The standard InChI is InChI=1S/C32H40ClN3O4/c1-20-6-4-5-13-32(20,39)21(2)26-17-24(16-22-11-14-40-15-12-22)18-27-29(26)36(3)35-28(30(27)37)31(38)34-19-23-7-9-25(33)10-8-23/h7-10,17-18,20-22,39H,4-6,11-16,19H2,1-3H3,(H,34,38)/t20-,21?,32-/m1/s1. The fourth-order valence-corrected chi connectivity index (χ4v) is 6.77. The van der Waals surface area contributed by atoms with Crippen molar-refractivity contribution in [3.8, 4) is 0 Å². The van der Waals surface area contributed by atoms with E-state index < -0.39 is 11.5 Å². The normalized spacial score (nSPS) is 22.8. The van der Waals surface area contributed by atoms with Crippen LogP contribution in [-0.2, 0) is 24.8 Å². The summed E-state index contributed by atoms with van der Waals surface area (Å²) in [6.07, 6.45) is 6.61. The Labute approximate surface area is 240 Å². The quantitative estimate of drug-likeness (QED) is 0.393. The van der Waals surface area contributed by atoms with Gasteiger partial charge < -0.3 is 15.2 Å². The molecule has 1 saturated carbocycles. The van der Waals surface area contributed by atoms with E-state index in [0.717, 1.165) is 74.8 Å². The molecule has 0 spiro atoms. The summed E-state index contributed by atoms with van der Waals surface area (Å²) >= 11 is 5.98. The molecule has 214 valence electrons. The molecule has 3 atom stereocenters. The van der Waals surface area contributed by atoms with E-state index in [1.165, 1.54) is 0 Å². The van der Waals surface area contributed by atoms with Gasteiger partial charge >= 0.3 is 0 Å². The lowest BCUT2D eigenvalue weighted by atomic mass is 9.67. The minimum atomic E-state index is -0.868. The smallest absolute Gasteiger partial charge is 0.276 e. The van der Waals surface area contributed by atoms with Gasteiger partial charge in [0.05, 0.1) is 16.5 Å². The molecular formula is C32H40ClN3O4. The fourth-order valence-electron chi connectivity index (χ4n) is 6.64. The zero-order valence-corrected chi connectivity index (χ0v) is 24.5. The van der Waals surface area contributed by atoms with Crippen molar-refractivity contribution in [3.63, 3.8) is 0 Å². The number of benzene rings is 2. The number of nitrogens with one attached hydrogen (secondary N) is 1. The molecule has 1 unspecified atom stereocenters. The molecule has 5 rings (SSSR count). The summed E-state index contributed by atoms with van der Waals surface area (Å²) in [5, 5.41) is 20.3. The first kappa shape index (κ1) is 28.8. The van der Waals surface area contributed by atoms with Crippen molar-refractivity contribution < 1.29 is 14.6 Å². The first-order valence-corrected chi connectivity index (χ1v) is 14.9. The molecule has 2 N–H and O–H groups in total. The van der Waals surface area contributed by atoms with E-state index in [-0.39, 0.29) is 29.5 Å². The predicted molar refractivity (Wildman–Crippen MR) is 158 cm³/mol. The summed E-state index contributed by atoms with van der Waals surface area (Å²) in [5.41, 5.74) is 2.17. The van der Waals surface area contributed by atoms with Crippen LogP contribution in [0.3, 0.4) is 0 Å². The maximum atomic E-state index is 13.9. The van der Waals surface area contributed by atoms with E-state index in [0.29, 0.717) is 21.8 Å². The number of halogens is 1. The zero-order chi connectivity index (χ0) is 28.4. The number of rotatable bonds is 7. The number of fused-ring (bicyclic) bond motifs is 1. The van der Waals surface area contributed by atoms with Gasteiger partial charge in [0.2, 0.25) is 5.43 Å². The predicted octanol–water partition coefficient (Wildman–Crippen LogP) is 5.53. The minimum absolute atomic E-state index is 0.129. The van der Waals surface area contributed by atoms with Gasteiger partial charge in [0.15, 0.2) is 5.69 Å². The van der Waals surface area contributed by atoms with Gasteiger partial charge in [-0.2, -0.15) is 5.10 Å². The molecule has 0 radical (unpaired) electrons. The first-order valence-electron chi connectivity index (χ1n) is 14.5.